The van der Waals surface area contributed by atoms with E-state index < -0.39 is 10.0 Å². The minimum absolute atomic E-state index is 0.431. The van der Waals surface area contributed by atoms with Crippen molar-refractivity contribution < 1.29 is 8.42 Å². The number of sulfonamides is 1. The van der Waals surface area contributed by atoms with E-state index in [9.17, 15) is 8.42 Å². The van der Waals surface area contributed by atoms with E-state index in [0.717, 1.165) is 23.1 Å². The number of rotatable bonds is 3. The summed E-state index contributed by atoms with van der Waals surface area (Å²) >= 11 is 0. The Bertz CT molecular complexity index is 722. The van der Waals surface area contributed by atoms with Crippen molar-refractivity contribution in [1.29, 1.82) is 0 Å². The van der Waals surface area contributed by atoms with E-state index in [-0.39, 0.29) is 0 Å². The standard InChI is InChI=1S/C15H18N2O2S/c1-11-5-7-13(8-6-11)14-9-10-15(16-12(14)2)17(3)20(4,18)19/h5-10H,1-4H3. The van der Waals surface area contributed by atoms with Crippen molar-refractivity contribution in [2.24, 2.45) is 0 Å². The number of hydrogen-bond acceptors (Lipinski definition) is 3. The van der Waals surface area contributed by atoms with Crippen molar-refractivity contribution >= 4 is 15.8 Å². The van der Waals surface area contributed by atoms with Crippen LogP contribution in [0.4, 0.5) is 5.82 Å². The van der Waals surface area contributed by atoms with Crippen LogP contribution in [0.25, 0.3) is 11.1 Å². The molecule has 106 valence electrons. The lowest BCUT2D eigenvalue weighted by molar-refractivity contribution is 0.600. The van der Waals surface area contributed by atoms with Gasteiger partial charge in [0.1, 0.15) is 5.82 Å². The van der Waals surface area contributed by atoms with Crippen LogP contribution in [-0.4, -0.2) is 26.7 Å². The monoisotopic (exact) mass is 290 g/mol. The third-order valence-electron chi connectivity index (χ3n) is 3.25. The first kappa shape index (κ1) is 14.5. The lowest BCUT2D eigenvalue weighted by atomic mass is 10.0. The van der Waals surface area contributed by atoms with Crippen molar-refractivity contribution in [3.63, 3.8) is 0 Å². The fourth-order valence-corrected chi connectivity index (χ4v) is 2.37. The van der Waals surface area contributed by atoms with Crippen LogP contribution in [0.5, 0.6) is 0 Å². The van der Waals surface area contributed by atoms with E-state index in [1.54, 1.807) is 6.07 Å². The van der Waals surface area contributed by atoms with Gasteiger partial charge in [0.2, 0.25) is 10.0 Å². The van der Waals surface area contributed by atoms with Crippen molar-refractivity contribution in [2.75, 3.05) is 17.6 Å². The summed E-state index contributed by atoms with van der Waals surface area (Å²) in [6, 6.07) is 11.8. The molecule has 2 aromatic rings. The number of pyridine rings is 1. The number of hydrogen-bond donors (Lipinski definition) is 0. The Hall–Kier alpha value is -1.88. The summed E-state index contributed by atoms with van der Waals surface area (Å²) in [5, 5.41) is 0. The van der Waals surface area contributed by atoms with Crippen LogP contribution in [0.15, 0.2) is 36.4 Å². The van der Waals surface area contributed by atoms with Gasteiger partial charge in [0.05, 0.1) is 6.26 Å². The van der Waals surface area contributed by atoms with Gasteiger partial charge < -0.3 is 0 Å². The zero-order valence-electron chi connectivity index (χ0n) is 12.1. The van der Waals surface area contributed by atoms with E-state index in [1.165, 1.54) is 16.9 Å². The minimum Gasteiger partial charge on any atom is -0.257 e. The molecule has 0 bridgehead atoms. The highest BCUT2D eigenvalue weighted by Gasteiger charge is 2.14. The second-order valence-corrected chi connectivity index (χ2v) is 6.91. The molecule has 0 radical (unpaired) electrons. The molecule has 2 rings (SSSR count). The summed E-state index contributed by atoms with van der Waals surface area (Å²) in [6.45, 7) is 3.92. The van der Waals surface area contributed by atoms with Gasteiger partial charge in [0.15, 0.2) is 0 Å². The number of aryl methyl sites for hydroxylation is 2. The lowest BCUT2D eigenvalue weighted by Crippen LogP contribution is -2.25. The maximum absolute atomic E-state index is 11.5. The largest absolute Gasteiger partial charge is 0.257 e. The van der Waals surface area contributed by atoms with Crippen LogP contribution in [0.2, 0.25) is 0 Å². The maximum Gasteiger partial charge on any atom is 0.233 e. The molecule has 1 aromatic heterocycles. The van der Waals surface area contributed by atoms with E-state index in [0.29, 0.717) is 5.82 Å². The van der Waals surface area contributed by atoms with Crippen molar-refractivity contribution in [2.45, 2.75) is 13.8 Å². The van der Waals surface area contributed by atoms with E-state index >= 15 is 0 Å². The lowest BCUT2D eigenvalue weighted by Gasteiger charge is -2.17. The van der Waals surface area contributed by atoms with Gasteiger partial charge in [-0.2, -0.15) is 0 Å². The highest BCUT2D eigenvalue weighted by atomic mass is 32.2. The smallest absolute Gasteiger partial charge is 0.233 e. The van der Waals surface area contributed by atoms with Gasteiger partial charge in [-0.1, -0.05) is 29.8 Å². The molecule has 1 aromatic carbocycles. The third kappa shape index (κ3) is 2.99. The Balaban J connectivity index is 2.43. The number of benzene rings is 1. The molecular weight excluding hydrogens is 272 g/mol. The Morgan fingerprint density at radius 1 is 1.00 bits per heavy atom. The highest BCUT2D eigenvalue weighted by molar-refractivity contribution is 7.92. The molecular formula is C15H18N2O2S. The third-order valence-corrected chi connectivity index (χ3v) is 4.44. The summed E-state index contributed by atoms with van der Waals surface area (Å²) in [4.78, 5) is 4.39. The predicted molar refractivity (Wildman–Crippen MR) is 82.4 cm³/mol. The van der Waals surface area contributed by atoms with E-state index in [1.807, 2.05) is 44.2 Å². The van der Waals surface area contributed by atoms with Crippen LogP contribution in [-0.2, 0) is 10.0 Å². The molecule has 4 nitrogen and oxygen atoms in total. The average molecular weight is 290 g/mol. The number of nitrogens with zero attached hydrogens (tertiary/aromatic N) is 2. The SMILES string of the molecule is Cc1ccc(-c2ccc(N(C)S(C)(=O)=O)nc2C)cc1. The molecule has 0 saturated heterocycles. The van der Waals surface area contributed by atoms with E-state index in [4.69, 9.17) is 0 Å². The Labute approximate surface area is 120 Å². The molecule has 0 unspecified atom stereocenters. The first-order chi connectivity index (χ1) is 9.29. The zero-order valence-corrected chi connectivity index (χ0v) is 12.9. The maximum atomic E-state index is 11.5. The number of aromatic nitrogens is 1. The second-order valence-electron chi connectivity index (χ2n) is 4.90. The fraction of sp³-hybridized carbons (Fsp3) is 0.267. The van der Waals surface area contributed by atoms with E-state index in [2.05, 4.69) is 4.98 Å². The van der Waals surface area contributed by atoms with Gasteiger partial charge >= 0.3 is 0 Å². The molecule has 0 spiro atoms. The van der Waals surface area contributed by atoms with Crippen LogP contribution in [0.1, 0.15) is 11.3 Å². The molecule has 5 heteroatoms. The fourth-order valence-electron chi connectivity index (χ4n) is 1.93. The Morgan fingerprint density at radius 2 is 1.60 bits per heavy atom. The zero-order chi connectivity index (χ0) is 14.9. The Kier molecular flexibility index (Phi) is 3.81. The van der Waals surface area contributed by atoms with Gasteiger partial charge in [0, 0.05) is 18.3 Å². The quantitative estimate of drug-likeness (QED) is 0.873. The van der Waals surface area contributed by atoms with Crippen molar-refractivity contribution in [1.82, 2.24) is 4.98 Å². The molecule has 20 heavy (non-hydrogen) atoms. The van der Waals surface area contributed by atoms with Gasteiger partial charge in [-0.25, -0.2) is 13.4 Å². The first-order valence-corrected chi connectivity index (χ1v) is 8.12. The van der Waals surface area contributed by atoms with Crippen molar-refractivity contribution in [3.8, 4) is 11.1 Å². The van der Waals surface area contributed by atoms with Crippen molar-refractivity contribution in [3.05, 3.63) is 47.7 Å². The van der Waals surface area contributed by atoms with Gasteiger partial charge in [0.25, 0.3) is 0 Å². The van der Waals surface area contributed by atoms with Crippen LogP contribution in [0, 0.1) is 13.8 Å². The summed E-state index contributed by atoms with van der Waals surface area (Å²) < 4.78 is 24.2. The molecule has 0 saturated carbocycles. The molecule has 0 aliphatic carbocycles. The summed E-state index contributed by atoms with van der Waals surface area (Å²) in [5.74, 6) is 0.431. The topological polar surface area (TPSA) is 50.3 Å². The summed E-state index contributed by atoms with van der Waals surface area (Å²) in [6.07, 6.45) is 1.16. The van der Waals surface area contributed by atoms with Crippen LogP contribution >= 0.6 is 0 Å². The second kappa shape index (κ2) is 5.25. The van der Waals surface area contributed by atoms with Crippen LogP contribution < -0.4 is 4.31 Å². The highest BCUT2D eigenvalue weighted by Crippen LogP contribution is 2.25. The first-order valence-electron chi connectivity index (χ1n) is 6.27. The minimum atomic E-state index is -3.28. The predicted octanol–water partition coefficient (Wildman–Crippen LogP) is 2.76. The van der Waals surface area contributed by atoms with Gasteiger partial charge in [-0.3, -0.25) is 4.31 Å². The Morgan fingerprint density at radius 3 is 2.10 bits per heavy atom. The molecule has 0 aliphatic heterocycles. The number of anilines is 1. The molecule has 0 atom stereocenters. The normalized spacial score (nSPS) is 11.4. The molecule has 0 amide bonds. The summed E-state index contributed by atoms with van der Waals surface area (Å²) in [7, 11) is -1.78. The molecule has 0 aliphatic rings. The molecule has 0 N–H and O–H groups in total. The summed E-state index contributed by atoms with van der Waals surface area (Å²) in [5.41, 5.74) is 4.10. The average Bonchev–Trinajstić information content (AvgIpc) is 2.38. The van der Waals surface area contributed by atoms with Gasteiger partial charge in [-0.05, 0) is 31.5 Å². The van der Waals surface area contributed by atoms with Gasteiger partial charge in [-0.15, -0.1) is 0 Å². The van der Waals surface area contributed by atoms with Crippen LogP contribution in [0.3, 0.4) is 0 Å². The molecule has 0 fully saturated rings. The molecule has 1 heterocycles.